The first-order valence-corrected chi connectivity index (χ1v) is 14.0. The quantitative estimate of drug-likeness (QED) is 0.224. The van der Waals surface area contributed by atoms with E-state index in [0.29, 0.717) is 11.3 Å². The van der Waals surface area contributed by atoms with Gasteiger partial charge in [0.2, 0.25) is 5.95 Å². The van der Waals surface area contributed by atoms with Crippen LogP contribution in [0.25, 0.3) is 82.4 Å². The number of para-hydroxylation sites is 2. The topological polar surface area (TPSA) is 63.6 Å². The van der Waals surface area contributed by atoms with Gasteiger partial charge in [-0.1, -0.05) is 97.1 Å². The summed E-state index contributed by atoms with van der Waals surface area (Å²) in [5.74, 6) is 0.569. The highest BCUT2D eigenvalue weighted by Crippen LogP contribution is 2.39. The summed E-state index contributed by atoms with van der Waals surface area (Å²) in [7, 11) is 0. The molecule has 9 aromatic rings. The van der Waals surface area contributed by atoms with Crippen LogP contribution in [-0.4, -0.2) is 19.5 Å². The predicted octanol–water partition coefficient (Wildman–Crippen LogP) is 8.54. The van der Waals surface area contributed by atoms with E-state index in [-0.39, 0.29) is 5.56 Å². The first kappa shape index (κ1) is 22.9. The zero-order chi connectivity index (χ0) is 27.8. The van der Waals surface area contributed by atoms with E-state index >= 15 is 0 Å². The van der Waals surface area contributed by atoms with Crippen molar-refractivity contribution in [1.29, 1.82) is 0 Å². The van der Waals surface area contributed by atoms with Gasteiger partial charge in [0.1, 0.15) is 0 Å². The van der Waals surface area contributed by atoms with Gasteiger partial charge in [-0.2, -0.15) is 0 Å². The number of nitrogens with one attached hydrogen (secondary N) is 1. The average molecular weight is 539 g/mol. The van der Waals surface area contributed by atoms with Crippen molar-refractivity contribution in [3.63, 3.8) is 0 Å². The van der Waals surface area contributed by atoms with Crippen LogP contribution in [0.3, 0.4) is 0 Å². The third-order valence-electron chi connectivity index (χ3n) is 8.34. The summed E-state index contributed by atoms with van der Waals surface area (Å²) >= 11 is 0. The van der Waals surface area contributed by atoms with Gasteiger partial charge < -0.3 is 4.98 Å². The molecule has 0 amide bonds. The number of pyridine rings is 1. The van der Waals surface area contributed by atoms with Crippen molar-refractivity contribution in [3.05, 3.63) is 138 Å². The van der Waals surface area contributed by atoms with E-state index in [9.17, 15) is 4.79 Å². The lowest BCUT2D eigenvalue weighted by molar-refractivity contribution is 1.01. The van der Waals surface area contributed by atoms with Gasteiger partial charge in [-0.05, 0) is 46.5 Å². The summed E-state index contributed by atoms with van der Waals surface area (Å²) in [4.78, 5) is 26.8. The molecule has 0 radical (unpaired) electrons. The zero-order valence-electron chi connectivity index (χ0n) is 22.4. The van der Waals surface area contributed by atoms with Crippen LogP contribution in [0.2, 0.25) is 0 Å². The van der Waals surface area contributed by atoms with E-state index in [2.05, 4.69) is 76.3 Å². The Balaban J connectivity index is 1.49. The zero-order valence-corrected chi connectivity index (χ0v) is 22.4. The van der Waals surface area contributed by atoms with Gasteiger partial charge in [-0.25, -0.2) is 9.97 Å². The Morgan fingerprint density at radius 1 is 0.548 bits per heavy atom. The van der Waals surface area contributed by atoms with Crippen molar-refractivity contribution < 1.29 is 0 Å². The third-order valence-corrected chi connectivity index (χ3v) is 8.34. The lowest BCUT2D eigenvalue weighted by atomic mass is 10.0. The molecule has 0 bridgehead atoms. The van der Waals surface area contributed by atoms with Crippen LogP contribution < -0.4 is 5.56 Å². The normalized spacial score (nSPS) is 11.9. The molecule has 6 aromatic carbocycles. The Labute approximate surface area is 239 Å². The van der Waals surface area contributed by atoms with E-state index < -0.39 is 0 Å². The van der Waals surface area contributed by atoms with Crippen LogP contribution in [0, 0.1) is 0 Å². The summed E-state index contributed by atoms with van der Waals surface area (Å²) in [6.07, 6.45) is 0. The highest BCUT2D eigenvalue weighted by molar-refractivity contribution is 6.24. The average Bonchev–Trinajstić information content (AvgIpc) is 3.38. The van der Waals surface area contributed by atoms with E-state index in [1.807, 2.05) is 60.7 Å². The lowest BCUT2D eigenvalue weighted by Crippen LogP contribution is -2.07. The monoisotopic (exact) mass is 538 g/mol. The van der Waals surface area contributed by atoms with Crippen molar-refractivity contribution >= 4 is 65.2 Å². The maximum Gasteiger partial charge on any atom is 0.256 e. The molecule has 1 N–H and O–H groups in total. The molecule has 3 aromatic heterocycles. The van der Waals surface area contributed by atoms with E-state index in [4.69, 9.17) is 9.97 Å². The molecule has 3 heterocycles. The number of nitrogens with zero attached hydrogens (tertiary/aromatic N) is 3. The van der Waals surface area contributed by atoms with Crippen LogP contribution in [0.15, 0.2) is 132 Å². The Morgan fingerprint density at radius 2 is 1.29 bits per heavy atom. The minimum absolute atomic E-state index is 0.114. The smallest absolute Gasteiger partial charge is 0.256 e. The first-order chi connectivity index (χ1) is 20.7. The number of rotatable bonds is 2. The Kier molecular flexibility index (Phi) is 4.70. The van der Waals surface area contributed by atoms with Gasteiger partial charge in [0.25, 0.3) is 5.56 Å². The number of H-pyrrole nitrogens is 1. The van der Waals surface area contributed by atoms with E-state index in [0.717, 1.165) is 71.0 Å². The Bertz CT molecular complexity index is 2600. The second-order valence-electron chi connectivity index (χ2n) is 10.7. The fourth-order valence-electron chi connectivity index (χ4n) is 6.46. The van der Waals surface area contributed by atoms with Crippen molar-refractivity contribution in [1.82, 2.24) is 19.5 Å². The Hall–Kier alpha value is -5.81. The third kappa shape index (κ3) is 3.22. The van der Waals surface area contributed by atoms with Gasteiger partial charge in [-0.15, -0.1) is 0 Å². The summed E-state index contributed by atoms with van der Waals surface area (Å²) in [5, 5.41) is 8.06. The lowest BCUT2D eigenvalue weighted by Gasteiger charge is -2.12. The summed E-state index contributed by atoms with van der Waals surface area (Å²) in [6.45, 7) is 0. The summed E-state index contributed by atoms with van der Waals surface area (Å²) < 4.78 is 2.12. The standard InChI is InChI=1S/C37H22N4O/c42-36-28-21-33-29(20-27(28)25-14-6-8-16-30(25)38-36)34-24-13-5-4-10-22(24)18-19-32(34)41(33)37-39-31-17-9-7-15-26(31)35(40-37)23-11-2-1-3-12-23/h1-21H,(H,38,42). The molecule has 9 rings (SSSR count). The molecule has 42 heavy (non-hydrogen) atoms. The molecule has 196 valence electrons. The van der Waals surface area contributed by atoms with E-state index in [1.165, 1.54) is 0 Å². The van der Waals surface area contributed by atoms with Crippen LogP contribution in [-0.2, 0) is 0 Å². The van der Waals surface area contributed by atoms with Gasteiger partial charge in [0.15, 0.2) is 0 Å². The largest absolute Gasteiger partial charge is 0.321 e. The molecular formula is C37H22N4O. The van der Waals surface area contributed by atoms with Gasteiger partial charge in [0.05, 0.1) is 22.2 Å². The number of fused-ring (bicyclic) bond motifs is 9. The number of hydrogen-bond acceptors (Lipinski definition) is 3. The van der Waals surface area contributed by atoms with Gasteiger partial charge in [0, 0.05) is 38.0 Å². The molecule has 0 aliphatic heterocycles. The molecule has 0 aliphatic rings. The summed E-state index contributed by atoms with van der Waals surface area (Å²) in [5.41, 5.74) is 5.36. The van der Waals surface area contributed by atoms with Crippen molar-refractivity contribution in [2.24, 2.45) is 0 Å². The second kappa shape index (κ2) is 8.59. The van der Waals surface area contributed by atoms with Crippen LogP contribution in [0.1, 0.15) is 0 Å². The molecule has 0 atom stereocenters. The Morgan fingerprint density at radius 3 is 2.17 bits per heavy atom. The molecule has 0 saturated heterocycles. The molecular weight excluding hydrogens is 516 g/mol. The molecule has 0 saturated carbocycles. The summed E-state index contributed by atoms with van der Waals surface area (Å²) in [6, 6.07) is 43.2. The fourth-order valence-corrected chi connectivity index (χ4v) is 6.46. The predicted molar refractivity (Wildman–Crippen MR) is 172 cm³/mol. The molecule has 5 nitrogen and oxygen atoms in total. The van der Waals surface area contributed by atoms with Crippen molar-refractivity contribution in [3.8, 4) is 17.2 Å². The van der Waals surface area contributed by atoms with Crippen LogP contribution >= 0.6 is 0 Å². The minimum Gasteiger partial charge on any atom is -0.321 e. The molecule has 0 unspecified atom stereocenters. The second-order valence-corrected chi connectivity index (χ2v) is 10.7. The minimum atomic E-state index is -0.114. The SMILES string of the molecule is O=c1[nH]c2ccccc2c2cc3c4c5ccccc5ccc4n(-c4nc(-c5ccccc5)c5ccccc5n4)c3cc12. The van der Waals surface area contributed by atoms with Gasteiger partial charge in [-0.3, -0.25) is 9.36 Å². The maximum absolute atomic E-state index is 13.4. The van der Waals surface area contributed by atoms with Gasteiger partial charge >= 0.3 is 0 Å². The van der Waals surface area contributed by atoms with Crippen LogP contribution in [0.5, 0.6) is 0 Å². The molecule has 0 aliphatic carbocycles. The molecule has 0 spiro atoms. The highest BCUT2D eigenvalue weighted by atomic mass is 16.1. The number of benzene rings is 6. The maximum atomic E-state index is 13.4. The molecule has 5 heteroatoms. The number of aromatic nitrogens is 4. The fraction of sp³-hybridized carbons (Fsp3) is 0. The van der Waals surface area contributed by atoms with Crippen molar-refractivity contribution in [2.75, 3.05) is 0 Å². The first-order valence-electron chi connectivity index (χ1n) is 14.0. The van der Waals surface area contributed by atoms with Crippen LogP contribution in [0.4, 0.5) is 0 Å². The highest BCUT2D eigenvalue weighted by Gasteiger charge is 2.20. The van der Waals surface area contributed by atoms with E-state index in [1.54, 1.807) is 0 Å². The number of hydrogen-bond donors (Lipinski definition) is 1. The van der Waals surface area contributed by atoms with Crippen molar-refractivity contribution in [2.45, 2.75) is 0 Å². The molecule has 0 fully saturated rings. The number of aromatic amines is 1.